The van der Waals surface area contributed by atoms with Crippen LogP contribution in [0.3, 0.4) is 0 Å². The molecular formula is C14H13NO4S. The second-order valence-corrected chi connectivity index (χ2v) is 4.97. The maximum absolute atomic E-state index is 11.5. The first-order valence-electron chi connectivity index (χ1n) is 6.04. The van der Waals surface area contributed by atoms with E-state index in [4.69, 9.17) is 9.84 Å². The minimum absolute atomic E-state index is 0.250. The molecule has 0 fully saturated rings. The van der Waals surface area contributed by atoms with Crippen molar-refractivity contribution in [2.75, 3.05) is 6.61 Å². The highest BCUT2D eigenvalue weighted by Gasteiger charge is 2.12. The van der Waals surface area contributed by atoms with Crippen LogP contribution in [0.2, 0.25) is 0 Å². The number of benzene rings is 1. The van der Waals surface area contributed by atoms with Gasteiger partial charge < -0.3 is 9.84 Å². The van der Waals surface area contributed by atoms with Crippen molar-refractivity contribution in [3.63, 3.8) is 0 Å². The maximum Gasteiger partial charge on any atom is 0.357 e. The second-order valence-electron chi connectivity index (χ2n) is 4.03. The molecule has 0 atom stereocenters. The number of hydrogen-bond acceptors (Lipinski definition) is 5. The summed E-state index contributed by atoms with van der Waals surface area (Å²) < 4.78 is 4.87. The number of aromatic carboxylic acids is 1. The summed E-state index contributed by atoms with van der Waals surface area (Å²) in [4.78, 5) is 26.4. The molecule has 0 spiro atoms. The molecule has 2 aromatic rings. The van der Waals surface area contributed by atoms with Gasteiger partial charge in [0.05, 0.1) is 17.2 Å². The number of carboxylic acid groups (broad SMARTS) is 1. The van der Waals surface area contributed by atoms with Crippen LogP contribution in [0.25, 0.3) is 0 Å². The first-order chi connectivity index (χ1) is 9.60. The number of aromatic nitrogens is 1. The molecule has 5 nitrogen and oxygen atoms in total. The van der Waals surface area contributed by atoms with Gasteiger partial charge in [0.25, 0.3) is 0 Å². The van der Waals surface area contributed by atoms with E-state index in [9.17, 15) is 9.59 Å². The Morgan fingerprint density at radius 3 is 2.60 bits per heavy atom. The largest absolute Gasteiger partial charge is 0.478 e. The molecule has 1 aromatic heterocycles. The molecule has 0 unspecified atom stereocenters. The van der Waals surface area contributed by atoms with Gasteiger partial charge in [0, 0.05) is 11.8 Å². The summed E-state index contributed by atoms with van der Waals surface area (Å²) in [7, 11) is 0. The third-order valence-corrected chi connectivity index (χ3v) is 3.44. The summed E-state index contributed by atoms with van der Waals surface area (Å²) in [5.41, 5.74) is 1.51. The highest BCUT2D eigenvalue weighted by Crippen LogP contribution is 2.16. The van der Waals surface area contributed by atoms with E-state index in [2.05, 4.69) is 4.98 Å². The van der Waals surface area contributed by atoms with Crippen LogP contribution >= 0.6 is 11.3 Å². The molecule has 1 N–H and O–H groups in total. The number of carbonyl (C=O) groups excluding carboxylic acids is 1. The molecule has 0 saturated heterocycles. The quantitative estimate of drug-likeness (QED) is 0.857. The first kappa shape index (κ1) is 14.2. The maximum atomic E-state index is 11.5. The van der Waals surface area contributed by atoms with Gasteiger partial charge in [-0.15, -0.1) is 11.3 Å². The van der Waals surface area contributed by atoms with Crippen LogP contribution in [-0.2, 0) is 11.2 Å². The number of thiazole rings is 1. The number of esters is 1. The van der Waals surface area contributed by atoms with Crippen LogP contribution in [-0.4, -0.2) is 28.6 Å². The molecule has 0 saturated carbocycles. The molecule has 0 amide bonds. The topological polar surface area (TPSA) is 76.5 Å². The van der Waals surface area contributed by atoms with Crippen LogP contribution in [0.5, 0.6) is 0 Å². The molecule has 0 aliphatic carbocycles. The Hall–Kier alpha value is -2.21. The molecule has 2 rings (SSSR count). The lowest BCUT2D eigenvalue weighted by atomic mass is 10.1. The predicted octanol–water partition coefficient (Wildman–Crippen LogP) is 2.61. The average Bonchev–Trinajstić information content (AvgIpc) is 2.88. The van der Waals surface area contributed by atoms with E-state index in [0.29, 0.717) is 18.7 Å². The number of ether oxygens (including phenoxy) is 1. The summed E-state index contributed by atoms with van der Waals surface area (Å²) in [5.74, 6) is -1.37. The fraction of sp³-hybridized carbons (Fsp3) is 0.214. The molecule has 0 aliphatic heterocycles. The zero-order valence-corrected chi connectivity index (χ0v) is 11.6. The van der Waals surface area contributed by atoms with E-state index in [-0.39, 0.29) is 5.56 Å². The van der Waals surface area contributed by atoms with Crippen molar-refractivity contribution in [1.29, 1.82) is 0 Å². The number of carbonyl (C=O) groups is 2. The SMILES string of the molecule is CCOC(=O)c1csc(Cc2ccc(C(=O)O)cc2)n1. The monoisotopic (exact) mass is 291 g/mol. The summed E-state index contributed by atoms with van der Waals surface area (Å²) in [6.45, 7) is 2.07. The standard InChI is InChI=1S/C14H13NO4S/c1-2-19-14(18)11-8-20-12(15-11)7-9-3-5-10(6-4-9)13(16)17/h3-6,8H,2,7H2,1H3,(H,16,17). The number of rotatable bonds is 5. The van der Waals surface area contributed by atoms with Gasteiger partial charge in [-0.1, -0.05) is 12.1 Å². The Labute approximate surface area is 119 Å². The Bertz CT molecular complexity index is 618. The average molecular weight is 291 g/mol. The minimum Gasteiger partial charge on any atom is -0.478 e. The molecule has 0 bridgehead atoms. The van der Waals surface area contributed by atoms with Crippen LogP contribution in [0.15, 0.2) is 29.6 Å². The molecule has 104 valence electrons. The van der Waals surface area contributed by atoms with Gasteiger partial charge in [-0.3, -0.25) is 0 Å². The normalized spacial score (nSPS) is 10.2. The van der Waals surface area contributed by atoms with Crippen molar-refractivity contribution in [2.45, 2.75) is 13.3 Å². The Kier molecular flexibility index (Phi) is 4.47. The smallest absolute Gasteiger partial charge is 0.357 e. The predicted molar refractivity (Wildman–Crippen MR) is 74.3 cm³/mol. The van der Waals surface area contributed by atoms with Gasteiger partial charge in [0.2, 0.25) is 0 Å². The highest BCUT2D eigenvalue weighted by atomic mass is 32.1. The lowest BCUT2D eigenvalue weighted by Gasteiger charge is -1.99. The molecule has 0 aliphatic rings. The summed E-state index contributed by atoms with van der Waals surface area (Å²) in [5, 5.41) is 11.3. The Balaban J connectivity index is 2.06. The summed E-state index contributed by atoms with van der Waals surface area (Å²) in [6, 6.07) is 6.60. The van der Waals surface area contributed by atoms with E-state index in [0.717, 1.165) is 10.6 Å². The Morgan fingerprint density at radius 1 is 1.30 bits per heavy atom. The van der Waals surface area contributed by atoms with Crippen molar-refractivity contribution in [3.05, 3.63) is 51.5 Å². The first-order valence-corrected chi connectivity index (χ1v) is 6.92. The van der Waals surface area contributed by atoms with Crippen LogP contribution in [0, 0.1) is 0 Å². The zero-order chi connectivity index (χ0) is 14.5. The highest BCUT2D eigenvalue weighted by molar-refractivity contribution is 7.09. The van der Waals surface area contributed by atoms with Crippen molar-refractivity contribution in [3.8, 4) is 0 Å². The van der Waals surface area contributed by atoms with E-state index in [1.165, 1.54) is 11.3 Å². The van der Waals surface area contributed by atoms with Crippen molar-refractivity contribution in [2.24, 2.45) is 0 Å². The summed E-state index contributed by atoms with van der Waals surface area (Å²) >= 11 is 1.38. The lowest BCUT2D eigenvalue weighted by Crippen LogP contribution is -2.05. The molecule has 1 heterocycles. The fourth-order valence-electron chi connectivity index (χ4n) is 1.63. The lowest BCUT2D eigenvalue weighted by molar-refractivity contribution is 0.0519. The van der Waals surface area contributed by atoms with Crippen molar-refractivity contribution in [1.82, 2.24) is 4.98 Å². The number of nitrogens with zero attached hydrogens (tertiary/aromatic N) is 1. The van der Waals surface area contributed by atoms with Crippen molar-refractivity contribution >= 4 is 23.3 Å². The van der Waals surface area contributed by atoms with E-state index in [1.807, 2.05) is 0 Å². The van der Waals surface area contributed by atoms with Crippen LogP contribution in [0.1, 0.15) is 38.3 Å². The molecular weight excluding hydrogens is 278 g/mol. The third-order valence-electron chi connectivity index (χ3n) is 2.59. The van der Waals surface area contributed by atoms with Crippen LogP contribution in [0.4, 0.5) is 0 Å². The molecule has 20 heavy (non-hydrogen) atoms. The fourth-order valence-corrected chi connectivity index (χ4v) is 2.43. The van der Waals surface area contributed by atoms with Crippen molar-refractivity contribution < 1.29 is 19.4 Å². The van der Waals surface area contributed by atoms with E-state index in [1.54, 1.807) is 36.6 Å². The zero-order valence-electron chi connectivity index (χ0n) is 10.8. The van der Waals surface area contributed by atoms with Gasteiger partial charge in [-0.2, -0.15) is 0 Å². The van der Waals surface area contributed by atoms with E-state index >= 15 is 0 Å². The van der Waals surface area contributed by atoms with Gasteiger partial charge in [-0.05, 0) is 24.6 Å². The molecule has 6 heteroatoms. The van der Waals surface area contributed by atoms with Crippen LogP contribution < -0.4 is 0 Å². The third kappa shape index (κ3) is 3.42. The second kappa shape index (κ2) is 6.29. The minimum atomic E-state index is -0.949. The number of hydrogen-bond donors (Lipinski definition) is 1. The molecule has 0 radical (unpaired) electrons. The molecule has 1 aromatic carbocycles. The number of carboxylic acids is 1. The van der Waals surface area contributed by atoms with Gasteiger partial charge in [-0.25, -0.2) is 14.6 Å². The Morgan fingerprint density at radius 2 is 2.00 bits per heavy atom. The van der Waals surface area contributed by atoms with E-state index < -0.39 is 11.9 Å². The van der Waals surface area contributed by atoms with Gasteiger partial charge in [0.1, 0.15) is 0 Å². The van der Waals surface area contributed by atoms with Gasteiger partial charge >= 0.3 is 11.9 Å². The summed E-state index contributed by atoms with van der Waals surface area (Å²) in [6.07, 6.45) is 0.559. The van der Waals surface area contributed by atoms with Gasteiger partial charge in [0.15, 0.2) is 5.69 Å².